The van der Waals surface area contributed by atoms with Crippen LogP contribution < -0.4 is 11.1 Å². The van der Waals surface area contributed by atoms with Crippen molar-refractivity contribution in [1.82, 2.24) is 5.32 Å². The predicted molar refractivity (Wildman–Crippen MR) is 61.4 cm³/mol. The number of nitrogens with one attached hydrogen (secondary N) is 1. The molecule has 0 unspecified atom stereocenters. The number of allylic oxidation sites excluding steroid dienone is 2. The largest absolute Gasteiger partial charge is 0.512 e. The van der Waals surface area contributed by atoms with Crippen molar-refractivity contribution in [2.75, 3.05) is 13.1 Å². The third-order valence-electron chi connectivity index (χ3n) is 1.83. The fraction of sp³-hybridized carbons (Fsp3) is 0.545. The monoisotopic (exact) mass is 212 g/mol. The summed E-state index contributed by atoms with van der Waals surface area (Å²) in [6.07, 6.45) is 5.20. The van der Waals surface area contributed by atoms with Gasteiger partial charge < -0.3 is 16.2 Å². The highest BCUT2D eigenvalue weighted by Crippen LogP contribution is 2.13. The molecule has 0 bridgehead atoms. The van der Waals surface area contributed by atoms with Crippen LogP contribution in [0.15, 0.2) is 23.5 Å². The van der Waals surface area contributed by atoms with Gasteiger partial charge in [-0.15, -0.1) is 0 Å². The van der Waals surface area contributed by atoms with Gasteiger partial charge in [0.1, 0.15) is 0 Å². The second-order valence-corrected chi connectivity index (χ2v) is 2.93. The molecule has 86 valence electrons. The van der Waals surface area contributed by atoms with Crippen molar-refractivity contribution >= 4 is 5.91 Å². The average molecular weight is 212 g/mol. The lowest BCUT2D eigenvalue weighted by molar-refractivity contribution is -0.119. The Labute approximate surface area is 90.9 Å². The Morgan fingerprint density at radius 2 is 2.27 bits per heavy atom. The molecule has 0 saturated carbocycles. The Morgan fingerprint density at radius 3 is 2.80 bits per heavy atom. The SMILES string of the molecule is CC.NCC(=O)NCC1=CCCC(O)=C1. The molecule has 0 saturated heterocycles. The molecule has 0 aliphatic heterocycles. The molecule has 1 amide bonds. The van der Waals surface area contributed by atoms with Gasteiger partial charge in [-0.2, -0.15) is 0 Å². The van der Waals surface area contributed by atoms with Gasteiger partial charge in [0, 0.05) is 13.0 Å². The maximum Gasteiger partial charge on any atom is 0.234 e. The van der Waals surface area contributed by atoms with Crippen LogP contribution in [0, 0.1) is 0 Å². The molecule has 0 fully saturated rings. The van der Waals surface area contributed by atoms with Crippen LogP contribution in [-0.4, -0.2) is 24.1 Å². The molecule has 0 aromatic rings. The van der Waals surface area contributed by atoms with Crippen LogP contribution in [0.5, 0.6) is 0 Å². The van der Waals surface area contributed by atoms with Gasteiger partial charge in [0.2, 0.25) is 5.91 Å². The Hall–Kier alpha value is -1.29. The highest BCUT2D eigenvalue weighted by molar-refractivity contribution is 5.78. The van der Waals surface area contributed by atoms with Gasteiger partial charge in [0.05, 0.1) is 12.3 Å². The summed E-state index contributed by atoms with van der Waals surface area (Å²) in [5.41, 5.74) is 6.05. The molecule has 1 aliphatic carbocycles. The molecule has 0 heterocycles. The summed E-state index contributed by atoms with van der Waals surface area (Å²) in [5.74, 6) is 0.193. The van der Waals surface area contributed by atoms with Crippen LogP contribution >= 0.6 is 0 Å². The maximum atomic E-state index is 10.8. The van der Waals surface area contributed by atoms with Crippen molar-refractivity contribution in [2.45, 2.75) is 26.7 Å². The minimum Gasteiger partial charge on any atom is -0.512 e. The van der Waals surface area contributed by atoms with Gasteiger partial charge in [-0.3, -0.25) is 4.79 Å². The van der Waals surface area contributed by atoms with E-state index < -0.39 is 0 Å². The molecule has 4 heteroatoms. The standard InChI is InChI=1S/C9H14N2O2.C2H6/c10-5-9(13)11-6-7-2-1-3-8(12)4-7;1-2/h2,4,12H,1,3,5-6,10H2,(H,11,13);1-2H3. The number of hydrogen-bond acceptors (Lipinski definition) is 3. The second kappa shape index (κ2) is 8.05. The first kappa shape index (κ1) is 13.7. The highest BCUT2D eigenvalue weighted by Gasteiger charge is 2.04. The van der Waals surface area contributed by atoms with Crippen molar-refractivity contribution < 1.29 is 9.90 Å². The zero-order chi connectivity index (χ0) is 11.7. The van der Waals surface area contributed by atoms with E-state index in [2.05, 4.69) is 5.32 Å². The quantitative estimate of drug-likeness (QED) is 0.659. The summed E-state index contributed by atoms with van der Waals surface area (Å²) in [5, 5.41) is 11.8. The van der Waals surface area contributed by atoms with Crippen molar-refractivity contribution in [3.8, 4) is 0 Å². The summed E-state index contributed by atoms with van der Waals surface area (Å²) in [4.78, 5) is 10.8. The lowest BCUT2D eigenvalue weighted by Gasteiger charge is -2.10. The molecular weight excluding hydrogens is 192 g/mol. The van der Waals surface area contributed by atoms with Crippen LogP contribution in [-0.2, 0) is 4.79 Å². The fourth-order valence-electron chi connectivity index (χ4n) is 1.15. The molecule has 1 aliphatic rings. The average Bonchev–Trinajstić information content (AvgIpc) is 2.29. The third kappa shape index (κ3) is 5.91. The smallest absolute Gasteiger partial charge is 0.234 e. The van der Waals surface area contributed by atoms with Gasteiger partial charge >= 0.3 is 0 Å². The number of amides is 1. The number of carbonyl (C=O) groups is 1. The summed E-state index contributed by atoms with van der Waals surface area (Å²) >= 11 is 0. The molecule has 1 rings (SSSR count). The van der Waals surface area contributed by atoms with Crippen molar-refractivity contribution in [1.29, 1.82) is 0 Å². The Bertz CT molecular complexity index is 257. The van der Waals surface area contributed by atoms with E-state index in [1.807, 2.05) is 19.9 Å². The van der Waals surface area contributed by atoms with Crippen molar-refractivity contribution in [3.63, 3.8) is 0 Å². The maximum absolute atomic E-state index is 10.8. The zero-order valence-electron chi connectivity index (χ0n) is 9.42. The Kier molecular flexibility index (Phi) is 7.36. The molecule has 4 nitrogen and oxygen atoms in total. The van der Waals surface area contributed by atoms with E-state index in [0.29, 0.717) is 18.7 Å². The molecule has 0 aromatic heterocycles. The van der Waals surface area contributed by atoms with Crippen LogP contribution in [0.2, 0.25) is 0 Å². The minimum absolute atomic E-state index is 0.00295. The van der Waals surface area contributed by atoms with E-state index in [9.17, 15) is 9.90 Å². The number of aliphatic hydroxyl groups excluding tert-OH is 1. The summed E-state index contributed by atoms with van der Waals surface area (Å²) in [6, 6.07) is 0. The molecule has 0 radical (unpaired) electrons. The summed E-state index contributed by atoms with van der Waals surface area (Å²) in [6.45, 7) is 4.45. The first-order chi connectivity index (χ1) is 7.22. The van der Waals surface area contributed by atoms with Crippen LogP contribution in [0.1, 0.15) is 26.7 Å². The topological polar surface area (TPSA) is 75.4 Å². The van der Waals surface area contributed by atoms with Crippen LogP contribution in [0.25, 0.3) is 0 Å². The first-order valence-electron chi connectivity index (χ1n) is 5.27. The van der Waals surface area contributed by atoms with E-state index in [1.54, 1.807) is 6.08 Å². The normalized spacial score (nSPS) is 14.3. The number of carbonyl (C=O) groups excluding carboxylic acids is 1. The minimum atomic E-state index is -0.181. The van der Waals surface area contributed by atoms with Crippen molar-refractivity contribution in [2.24, 2.45) is 5.73 Å². The van der Waals surface area contributed by atoms with Crippen LogP contribution in [0.3, 0.4) is 0 Å². The Morgan fingerprint density at radius 1 is 1.60 bits per heavy atom. The van der Waals surface area contributed by atoms with E-state index >= 15 is 0 Å². The Balaban J connectivity index is 0.000000921. The van der Waals surface area contributed by atoms with E-state index in [4.69, 9.17) is 5.73 Å². The van der Waals surface area contributed by atoms with E-state index in [-0.39, 0.29) is 12.5 Å². The van der Waals surface area contributed by atoms with Crippen molar-refractivity contribution in [3.05, 3.63) is 23.5 Å². The van der Waals surface area contributed by atoms with E-state index in [0.717, 1.165) is 12.0 Å². The van der Waals surface area contributed by atoms with Crippen LogP contribution in [0.4, 0.5) is 0 Å². The lowest BCUT2D eigenvalue weighted by Crippen LogP contribution is -2.31. The molecule has 4 N–H and O–H groups in total. The number of rotatable bonds is 3. The van der Waals surface area contributed by atoms with Gasteiger partial charge in [-0.05, 0) is 18.1 Å². The fourth-order valence-corrected chi connectivity index (χ4v) is 1.15. The van der Waals surface area contributed by atoms with E-state index in [1.165, 1.54) is 0 Å². The number of aliphatic hydroxyl groups is 1. The second-order valence-electron chi connectivity index (χ2n) is 2.93. The first-order valence-corrected chi connectivity index (χ1v) is 5.27. The molecule has 0 aromatic carbocycles. The van der Waals surface area contributed by atoms with Gasteiger partial charge in [-0.1, -0.05) is 19.9 Å². The molecule has 15 heavy (non-hydrogen) atoms. The summed E-state index contributed by atoms with van der Waals surface area (Å²) < 4.78 is 0. The lowest BCUT2D eigenvalue weighted by atomic mass is 10.1. The predicted octanol–water partition coefficient (Wildman–Crippen LogP) is 1.25. The number of nitrogens with two attached hydrogens (primary N) is 1. The summed E-state index contributed by atoms with van der Waals surface area (Å²) in [7, 11) is 0. The highest BCUT2D eigenvalue weighted by atomic mass is 16.3. The number of hydrogen-bond donors (Lipinski definition) is 3. The third-order valence-corrected chi connectivity index (χ3v) is 1.83. The van der Waals surface area contributed by atoms with Gasteiger partial charge in [0.25, 0.3) is 0 Å². The zero-order valence-corrected chi connectivity index (χ0v) is 9.42. The molecule has 0 spiro atoms. The molecule has 0 atom stereocenters. The van der Waals surface area contributed by atoms with Gasteiger partial charge in [0.15, 0.2) is 0 Å². The van der Waals surface area contributed by atoms with Gasteiger partial charge in [-0.25, -0.2) is 0 Å². The molecular formula is C11H20N2O2.